The number of nitrogens with one attached hydrogen (secondary N) is 2. The third-order valence-corrected chi connectivity index (χ3v) is 2.98. The summed E-state index contributed by atoms with van der Waals surface area (Å²) in [7, 11) is 0. The van der Waals surface area contributed by atoms with Crippen LogP contribution in [0.15, 0.2) is 6.33 Å². The molecule has 5 nitrogen and oxygen atoms in total. The molecule has 0 fully saturated rings. The van der Waals surface area contributed by atoms with Crippen LogP contribution in [0, 0.1) is 0 Å². The molecule has 1 rings (SSSR count). The molecule has 1 heterocycles. The van der Waals surface area contributed by atoms with E-state index in [1.54, 1.807) is 6.33 Å². The number of aliphatic hydroxyl groups excluding tert-OH is 1. The van der Waals surface area contributed by atoms with E-state index in [2.05, 4.69) is 41.4 Å². The van der Waals surface area contributed by atoms with Crippen LogP contribution in [-0.4, -0.2) is 34.3 Å². The van der Waals surface area contributed by atoms with E-state index >= 15 is 0 Å². The predicted molar refractivity (Wildman–Crippen MR) is 79.7 cm³/mol. The van der Waals surface area contributed by atoms with Crippen LogP contribution in [0.5, 0.6) is 0 Å². The molecule has 0 aliphatic heterocycles. The quantitative estimate of drug-likeness (QED) is 0.674. The van der Waals surface area contributed by atoms with Gasteiger partial charge in [-0.15, -0.1) is 0 Å². The van der Waals surface area contributed by atoms with E-state index in [0.29, 0.717) is 12.5 Å². The van der Waals surface area contributed by atoms with Crippen LogP contribution in [0.2, 0.25) is 0 Å². The molecular formula is C14H26N4O. The number of aromatic nitrogens is 2. The smallest absolute Gasteiger partial charge is 0.135 e. The van der Waals surface area contributed by atoms with Crippen LogP contribution in [0.4, 0.5) is 11.6 Å². The van der Waals surface area contributed by atoms with Crippen molar-refractivity contribution in [1.82, 2.24) is 9.97 Å². The first-order valence-corrected chi connectivity index (χ1v) is 7.10. The molecule has 1 aromatic rings. The Bertz CT molecular complexity index is 382. The van der Waals surface area contributed by atoms with E-state index in [-0.39, 0.29) is 6.10 Å². The third-order valence-electron chi connectivity index (χ3n) is 2.98. The van der Waals surface area contributed by atoms with Crippen LogP contribution >= 0.6 is 0 Å². The molecule has 3 N–H and O–H groups in total. The number of anilines is 2. The van der Waals surface area contributed by atoms with Crippen LogP contribution < -0.4 is 10.6 Å². The Kier molecular flexibility index (Phi) is 6.56. The van der Waals surface area contributed by atoms with Gasteiger partial charge in [-0.05, 0) is 18.8 Å². The van der Waals surface area contributed by atoms with Gasteiger partial charge in [0.15, 0.2) is 0 Å². The van der Waals surface area contributed by atoms with Gasteiger partial charge in [0, 0.05) is 18.7 Å². The fourth-order valence-electron chi connectivity index (χ4n) is 1.83. The Hall–Kier alpha value is -1.36. The fraction of sp³-hybridized carbons (Fsp3) is 0.714. The Morgan fingerprint density at radius 1 is 1.16 bits per heavy atom. The molecule has 0 aromatic carbocycles. The summed E-state index contributed by atoms with van der Waals surface area (Å²) in [4.78, 5) is 8.62. The van der Waals surface area contributed by atoms with Gasteiger partial charge in [-0.2, -0.15) is 0 Å². The Labute approximate surface area is 115 Å². The SMILES string of the molecule is CCCNc1ncnc(NCC(O)CC)c1C(C)C. The van der Waals surface area contributed by atoms with Crippen LogP contribution in [0.3, 0.4) is 0 Å². The topological polar surface area (TPSA) is 70.1 Å². The van der Waals surface area contributed by atoms with Gasteiger partial charge < -0.3 is 15.7 Å². The Morgan fingerprint density at radius 2 is 1.79 bits per heavy atom. The molecule has 0 aliphatic carbocycles. The maximum Gasteiger partial charge on any atom is 0.135 e. The normalized spacial score (nSPS) is 12.5. The highest BCUT2D eigenvalue weighted by Gasteiger charge is 2.15. The van der Waals surface area contributed by atoms with Crippen molar-refractivity contribution in [3.05, 3.63) is 11.9 Å². The molecule has 1 aromatic heterocycles. The van der Waals surface area contributed by atoms with Crippen molar-refractivity contribution < 1.29 is 5.11 Å². The lowest BCUT2D eigenvalue weighted by Gasteiger charge is -2.18. The zero-order valence-corrected chi connectivity index (χ0v) is 12.4. The molecule has 0 saturated heterocycles. The average molecular weight is 266 g/mol. The molecule has 0 radical (unpaired) electrons. The summed E-state index contributed by atoms with van der Waals surface area (Å²) in [6, 6.07) is 0. The minimum absolute atomic E-state index is 0.321. The van der Waals surface area contributed by atoms with E-state index in [9.17, 15) is 5.11 Å². The summed E-state index contributed by atoms with van der Waals surface area (Å²) in [5, 5.41) is 16.2. The second-order valence-electron chi connectivity index (χ2n) is 5.01. The van der Waals surface area contributed by atoms with Gasteiger partial charge in [0.2, 0.25) is 0 Å². The summed E-state index contributed by atoms with van der Waals surface area (Å²) >= 11 is 0. The lowest BCUT2D eigenvalue weighted by atomic mass is 10.0. The van der Waals surface area contributed by atoms with Crippen molar-refractivity contribution in [2.45, 2.75) is 52.6 Å². The minimum Gasteiger partial charge on any atom is -0.391 e. The van der Waals surface area contributed by atoms with E-state index in [1.165, 1.54) is 0 Å². The lowest BCUT2D eigenvalue weighted by molar-refractivity contribution is 0.183. The zero-order chi connectivity index (χ0) is 14.3. The van der Waals surface area contributed by atoms with E-state index < -0.39 is 0 Å². The molecule has 0 aliphatic rings. The highest BCUT2D eigenvalue weighted by Crippen LogP contribution is 2.28. The largest absolute Gasteiger partial charge is 0.391 e. The maximum absolute atomic E-state index is 9.64. The third kappa shape index (κ3) is 4.67. The van der Waals surface area contributed by atoms with E-state index in [0.717, 1.165) is 36.6 Å². The van der Waals surface area contributed by atoms with Crippen LogP contribution in [0.1, 0.15) is 52.0 Å². The minimum atomic E-state index is -0.345. The van der Waals surface area contributed by atoms with E-state index in [4.69, 9.17) is 0 Å². The number of hydrogen-bond donors (Lipinski definition) is 3. The van der Waals surface area contributed by atoms with Gasteiger partial charge in [0.1, 0.15) is 18.0 Å². The monoisotopic (exact) mass is 266 g/mol. The summed E-state index contributed by atoms with van der Waals surface area (Å²) in [5.74, 6) is 2.03. The van der Waals surface area contributed by atoms with Crippen molar-refractivity contribution in [1.29, 1.82) is 0 Å². The summed E-state index contributed by atoms with van der Waals surface area (Å²) in [6.07, 6.45) is 3.00. The highest BCUT2D eigenvalue weighted by molar-refractivity contribution is 5.59. The number of hydrogen-bond acceptors (Lipinski definition) is 5. The maximum atomic E-state index is 9.64. The lowest BCUT2D eigenvalue weighted by Crippen LogP contribution is -2.20. The molecule has 5 heteroatoms. The first-order chi connectivity index (χ1) is 9.10. The summed E-state index contributed by atoms with van der Waals surface area (Å²) < 4.78 is 0. The van der Waals surface area contributed by atoms with Gasteiger partial charge in [-0.25, -0.2) is 9.97 Å². The van der Waals surface area contributed by atoms with Gasteiger partial charge >= 0.3 is 0 Å². The van der Waals surface area contributed by atoms with Gasteiger partial charge in [0.05, 0.1) is 6.10 Å². The first-order valence-electron chi connectivity index (χ1n) is 7.10. The molecular weight excluding hydrogens is 240 g/mol. The van der Waals surface area contributed by atoms with Crippen molar-refractivity contribution in [3.8, 4) is 0 Å². The van der Waals surface area contributed by atoms with E-state index in [1.807, 2.05) is 6.92 Å². The van der Waals surface area contributed by atoms with Gasteiger partial charge in [-0.1, -0.05) is 27.7 Å². The summed E-state index contributed by atoms with van der Waals surface area (Å²) in [6.45, 7) is 9.74. The van der Waals surface area contributed by atoms with Crippen molar-refractivity contribution in [2.24, 2.45) is 0 Å². The molecule has 0 saturated carbocycles. The summed E-state index contributed by atoms with van der Waals surface area (Å²) in [5.41, 5.74) is 1.08. The molecule has 0 bridgehead atoms. The average Bonchev–Trinajstić information content (AvgIpc) is 2.41. The highest BCUT2D eigenvalue weighted by atomic mass is 16.3. The van der Waals surface area contributed by atoms with Crippen molar-refractivity contribution in [2.75, 3.05) is 23.7 Å². The number of aliphatic hydroxyl groups is 1. The number of rotatable bonds is 8. The first kappa shape index (κ1) is 15.7. The predicted octanol–water partition coefficient (Wildman–Crippen LogP) is 2.60. The van der Waals surface area contributed by atoms with Crippen LogP contribution in [0.25, 0.3) is 0 Å². The second-order valence-corrected chi connectivity index (χ2v) is 5.01. The Morgan fingerprint density at radius 3 is 2.32 bits per heavy atom. The molecule has 1 unspecified atom stereocenters. The molecule has 0 spiro atoms. The molecule has 108 valence electrons. The van der Waals surface area contributed by atoms with Gasteiger partial charge in [-0.3, -0.25) is 0 Å². The zero-order valence-electron chi connectivity index (χ0n) is 12.4. The standard InChI is InChI=1S/C14H26N4O/c1-5-7-15-13-12(10(3)4)14(18-9-17-13)16-8-11(19)6-2/h9-11,19H,5-8H2,1-4H3,(H2,15,16,17,18). The van der Waals surface area contributed by atoms with Crippen LogP contribution in [-0.2, 0) is 0 Å². The van der Waals surface area contributed by atoms with Crippen molar-refractivity contribution >= 4 is 11.6 Å². The second kappa shape index (κ2) is 7.94. The van der Waals surface area contributed by atoms with Crippen molar-refractivity contribution in [3.63, 3.8) is 0 Å². The Balaban J connectivity index is 2.89. The molecule has 19 heavy (non-hydrogen) atoms. The molecule has 0 amide bonds. The fourth-order valence-corrected chi connectivity index (χ4v) is 1.83. The molecule has 1 atom stereocenters. The number of nitrogens with zero attached hydrogens (tertiary/aromatic N) is 2. The van der Waals surface area contributed by atoms with Gasteiger partial charge in [0.25, 0.3) is 0 Å².